The fourth-order valence-corrected chi connectivity index (χ4v) is 1.63. The third-order valence-electron chi connectivity index (χ3n) is 2.53. The molecule has 0 radical (unpaired) electrons. The van der Waals surface area contributed by atoms with Crippen LogP contribution in [0.15, 0.2) is 12.1 Å². The van der Waals surface area contributed by atoms with Gasteiger partial charge in [-0.3, -0.25) is 30.3 Å². The molecule has 0 spiro atoms. The lowest BCUT2D eigenvalue weighted by Crippen LogP contribution is -2.34. The van der Waals surface area contributed by atoms with Crippen molar-refractivity contribution < 1.29 is 24.4 Å². The molecule has 0 aliphatic rings. The molecule has 0 amide bonds. The Balaban J connectivity index is 0.000000585. The third kappa shape index (κ3) is 6.65. The van der Waals surface area contributed by atoms with Gasteiger partial charge in [-0.15, -0.1) is 0 Å². The van der Waals surface area contributed by atoms with E-state index in [1.54, 1.807) is 0 Å². The van der Waals surface area contributed by atoms with E-state index >= 15 is 0 Å². The predicted octanol–water partition coefficient (Wildman–Crippen LogP) is 1.59. The predicted molar refractivity (Wildman–Crippen MR) is 79.0 cm³/mol. The van der Waals surface area contributed by atoms with Crippen molar-refractivity contribution in [2.24, 2.45) is 0 Å². The second-order valence-electron chi connectivity index (χ2n) is 5.60. The number of nitrogens with zero attached hydrogens (tertiary/aromatic N) is 4. The van der Waals surface area contributed by atoms with Crippen LogP contribution in [0.2, 0.25) is 0 Å². The SMILES string of the molecule is CCC[N+](C)(C)C.O=[N+]([O-])c1cc([N+](=O)[O-])c([O-])c([N+](=O)[O-])c1. The van der Waals surface area contributed by atoms with E-state index in [0.717, 1.165) is 4.48 Å². The summed E-state index contributed by atoms with van der Waals surface area (Å²) in [5, 5.41) is 42.1. The van der Waals surface area contributed by atoms with Gasteiger partial charge in [-0.2, -0.15) is 0 Å². The van der Waals surface area contributed by atoms with Crippen molar-refractivity contribution in [3.8, 4) is 5.75 Å². The van der Waals surface area contributed by atoms with Gasteiger partial charge < -0.3 is 9.59 Å². The molecule has 0 aromatic heterocycles. The van der Waals surface area contributed by atoms with E-state index in [-0.39, 0.29) is 0 Å². The van der Waals surface area contributed by atoms with Crippen LogP contribution in [-0.4, -0.2) is 46.9 Å². The van der Waals surface area contributed by atoms with Crippen LogP contribution in [0.3, 0.4) is 0 Å². The molecule has 0 aliphatic carbocycles. The fraction of sp³-hybridized carbons (Fsp3) is 0.500. The molecule has 0 unspecified atom stereocenters. The van der Waals surface area contributed by atoms with Gasteiger partial charge in [-0.05, 0) is 6.42 Å². The minimum Gasteiger partial charge on any atom is -0.863 e. The summed E-state index contributed by atoms with van der Waals surface area (Å²) in [5.41, 5.74) is -3.26. The molecule has 0 saturated carbocycles. The van der Waals surface area contributed by atoms with Crippen LogP contribution >= 0.6 is 0 Å². The van der Waals surface area contributed by atoms with Gasteiger partial charge in [0.25, 0.3) is 17.1 Å². The summed E-state index contributed by atoms with van der Waals surface area (Å²) in [6.07, 6.45) is 1.28. The van der Waals surface area contributed by atoms with Gasteiger partial charge in [0.05, 0.1) is 60.3 Å². The van der Waals surface area contributed by atoms with Crippen LogP contribution in [0.25, 0.3) is 0 Å². The Morgan fingerprint density at radius 1 is 0.913 bits per heavy atom. The third-order valence-corrected chi connectivity index (χ3v) is 2.53. The molecule has 1 rings (SSSR count). The Kier molecular flexibility index (Phi) is 7.00. The van der Waals surface area contributed by atoms with Crippen molar-refractivity contribution in [3.05, 3.63) is 42.5 Å². The standard InChI is InChI=1S/C6H3N3O7.C6H16N/c10-6-4(8(13)14)1-3(7(11)12)2-5(6)9(15)16;1-5-6-7(2,3)4/h1-2,10H;5-6H2,1-4H3/q;+1/p-1. The Morgan fingerprint density at radius 3 is 1.48 bits per heavy atom. The van der Waals surface area contributed by atoms with Crippen molar-refractivity contribution in [3.63, 3.8) is 0 Å². The Bertz CT molecular complexity index is 575. The molecule has 0 N–H and O–H groups in total. The minimum absolute atomic E-state index is 0.384. The van der Waals surface area contributed by atoms with Crippen molar-refractivity contribution in [1.82, 2.24) is 0 Å². The van der Waals surface area contributed by atoms with Crippen molar-refractivity contribution in [1.29, 1.82) is 0 Å². The maximum absolute atomic E-state index is 11.1. The number of non-ortho nitro benzene ring substituents is 1. The molecule has 1 aromatic carbocycles. The summed E-state index contributed by atoms with van der Waals surface area (Å²) >= 11 is 0. The lowest BCUT2D eigenvalue weighted by Gasteiger charge is -2.22. The number of quaternary nitrogens is 1. The van der Waals surface area contributed by atoms with E-state index in [2.05, 4.69) is 28.1 Å². The molecule has 1 aromatic rings. The molecule has 0 aliphatic heterocycles. The lowest BCUT2D eigenvalue weighted by molar-refractivity contribution is -0.870. The van der Waals surface area contributed by atoms with Crippen LogP contribution in [0.4, 0.5) is 17.1 Å². The van der Waals surface area contributed by atoms with Gasteiger partial charge in [0.1, 0.15) is 0 Å². The lowest BCUT2D eigenvalue weighted by atomic mass is 10.2. The number of hydrogen-bond acceptors (Lipinski definition) is 7. The number of benzene rings is 1. The van der Waals surface area contributed by atoms with Crippen LogP contribution in [0.1, 0.15) is 13.3 Å². The molecule has 11 nitrogen and oxygen atoms in total. The highest BCUT2D eigenvalue weighted by atomic mass is 16.6. The topological polar surface area (TPSA) is 152 Å². The first-order valence-corrected chi connectivity index (χ1v) is 6.49. The van der Waals surface area contributed by atoms with Crippen molar-refractivity contribution in [2.45, 2.75) is 13.3 Å². The second kappa shape index (κ2) is 7.98. The summed E-state index contributed by atoms with van der Waals surface area (Å²) in [6.45, 7) is 3.49. The molecule has 0 saturated heterocycles. The van der Waals surface area contributed by atoms with Crippen LogP contribution in [0, 0.1) is 30.3 Å². The average molecular weight is 330 g/mol. The highest BCUT2D eigenvalue weighted by Crippen LogP contribution is 2.36. The monoisotopic (exact) mass is 330 g/mol. The zero-order valence-corrected chi connectivity index (χ0v) is 13.2. The number of hydrogen-bond donors (Lipinski definition) is 0. The number of nitro benzene ring substituents is 3. The summed E-state index contributed by atoms with van der Waals surface area (Å²) < 4.78 is 1.09. The Morgan fingerprint density at radius 2 is 1.30 bits per heavy atom. The van der Waals surface area contributed by atoms with Crippen LogP contribution < -0.4 is 5.11 Å². The van der Waals surface area contributed by atoms with E-state index in [1.165, 1.54) is 13.0 Å². The van der Waals surface area contributed by atoms with Gasteiger partial charge in [-0.1, -0.05) is 6.92 Å². The normalized spacial score (nSPS) is 10.4. The van der Waals surface area contributed by atoms with Crippen molar-refractivity contribution >= 4 is 17.1 Å². The maximum Gasteiger partial charge on any atom is 0.283 e. The molecule has 0 fully saturated rings. The molecule has 0 atom stereocenters. The Labute approximate surface area is 131 Å². The van der Waals surface area contributed by atoms with Crippen LogP contribution in [-0.2, 0) is 0 Å². The van der Waals surface area contributed by atoms with Crippen molar-refractivity contribution in [2.75, 3.05) is 27.7 Å². The first kappa shape index (κ1) is 20.2. The number of rotatable bonds is 5. The zero-order chi connectivity index (χ0) is 18.4. The summed E-state index contributed by atoms with van der Waals surface area (Å²) in [6, 6.07) is 0.769. The van der Waals surface area contributed by atoms with E-state index in [4.69, 9.17) is 0 Å². The smallest absolute Gasteiger partial charge is 0.283 e. The molecule has 0 heterocycles. The van der Waals surface area contributed by atoms with Crippen LogP contribution in [0.5, 0.6) is 5.75 Å². The second-order valence-corrected chi connectivity index (χ2v) is 5.60. The highest BCUT2D eigenvalue weighted by Gasteiger charge is 2.24. The largest absolute Gasteiger partial charge is 0.863 e. The number of nitro groups is 3. The molecule has 11 heteroatoms. The van der Waals surface area contributed by atoms with Gasteiger partial charge in [0, 0.05) is 0 Å². The summed E-state index contributed by atoms with van der Waals surface area (Å²) in [4.78, 5) is 27.5. The fourth-order valence-electron chi connectivity index (χ4n) is 1.63. The van der Waals surface area contributed by atoms with Gasteiger partial charge in [0.2, 0.25) is 0 Å². The summed E-state index contributed by atoms with van der Waals surface area (Å²) in [5.74, 6) is -1.46. The average Bonchev–Trinajstić information content (AvgIpc) is 2.37. The molecule has 0 bridgehead atoms. The van der Waals surface area contributed by atoms with E-state index in [0.29, 0.717) is 12.1 Å². The van der Waals surface area contributed by atoms with Gasteiger partial charge >= 0.3 is 0 Å². The molecule has 23 heavy (non-hydrogen) atoms. The van der Waals surface area contributed by atoms with Gasteiger partial charge in [-0.25, -0.2) is 0 Å². The van der Waals surface area contributed by atoms with E-state index in [1.807, 2.05) is 0 Å². The van der Waals surface area contributed by atoms with Gasteiger partial charge in [0.15, 0.2) is 0 Å². The van der Waals surface area contributed by atoms with E-state index in [9.17, 15) is 35.4 Å². The summed E-state index contributed by atoms with van der Waals surface area (Å²) in [7, 11) is 6.64. The first-order chi connectivity index (χ1) is 10.4. The molecule has 128 valence electrons. The zero-order valence-electron chi connectivity index (χ0n) is 13.2. The highest BCUT2D eigenvalue weighted by molar-refractivity contribution is 5.63. The quantitative estimate of drug-likeness (QED) is 0.451. The van der Waals surface area contributed by atoms with E-state index < -0.39 is 37.6 Å². The Hall–Kier alpha value is -2.82. The first-order valence-electron chi connectivity index (χ1n) is 6.49. The maximum atomic E-state index is 11.1. The molecular weight excluding hydrogens is 312 g/mol. The minimum atomic E-state index is -1.46. The molecular formula is C12H18N4O7.